The molecule has 0 unspecified atom stereocenters. The molecule has 1 fully saturated rings. The fourth-order valence-corrected chi connectivity index (χ4v) is 4.45. The highest BCUT2D eigenvalue weighted by atomic mass is 16.2. The van der Waals surface area contributed by atoms with Crippen LogP contribution in [-0.2, 0) is 19.5 Å². The number of benzene rings is 3. The van der Waals surface area contributed by atoms with Crippen molar-refractivity contribution >= 4 is 0 Å². The molecule has 6 rings (SSSR count). The van der Waals surface area contributed by atoms with Crippen molar-refractivity contribution in [3.63, 3.8) is 0 Å². The maximum Gasteiger partial charge on any atom is 0.346 e. The van der Waals surface area contributed by atoms with Crippen molar-refractivity contribution in [3.8, 4) is 22.5 Å². The van der Waals surface area contributed by atoms with Crippen LogP contribution in [0.25, 0.3) is 22.5 Å². The van der Waals surface area contributed by atoms with Gasteiger partial charge in [0.2, 0.25) is 5.82 Å². The third-order valence-electron chi connectivity index (χ3n) is 6.47. The molecule has 0 bridgehead atoms. The Morgan fingerprint density at radius 3 is 2.31 bits per heavy atom. The van der Waals surface area contributed by atoms with E-state index in [1.165, 1.54) is 5.56 Å². The van der Waals surface area contributed by atoms with Gasteiger partial charge in [0.25, 0.3) is 0 Å². The number of rotatable bonds is 8. The van der Waals surface area contributed by atoms with E-state index >= 15 is 0 Å². The number of nitrogens with one attached hydrogen (secondary N) is 1. The van der Waals surface area contributed by atoms with Crippen LogP contribution in [0, 0.1) is 0 Å². The van der Waals surface area contributed by atoms with E-state index in [1.807, 2.05) is 47.0 Å². The van der Waals surface area contributed by atoms with Crippen molar-refractivity contribution in [1.82, 2.24) is 35.0 Å². The molecular weight excluding hydrogens is 438 g/mol. The van der Waals surface area contributed by atoms with Gasteiger partial charge in [0.1, 0.15) is 5.82 Å². The van der Waals surface area contributed by atoms with Gasteiger partial charge >= 0.3 is 5.69 Å². The molecular formula is C27H25N7O. The predicted octanol–water partition coefficient (Wildman–Crippen LogP) is 4.06. The highest BCUT2D eigenvalue weighted by Gasteiger charge is 2.31. The Morgan fingerprint density at radius 1 is 0.857 bits per heavy atom. The molecule has 0 atom stereocenters. The Balaban J connectivity index is 1.25. The first-order valence-electron chi connectivity index (χ1n) is 11.9. The number of hydrogen-bond acceptors (Lipinski definition) is 5. The van der Waals surface area contributed by atoms with E-state index in [9.17, 15) is 4.79 Å². The average Bonchev–Trinajstić information content (AvgIpc) is 3.51. The van der Waals surface area contributed by atoms with Crippen LogP contribution in [0.15, 0.2) is 83.7 Å². The minimum Gasteiger partial charge on any atom is -0.274 e. The largest absolute Gasteiger partial charge is 0.346 e. The molecule has 0 radical (unpaired) electrons. The summed E-state index contributed by atoms with van der Waals surface area (Å²) < 4.78 is 3.49. The fourth-order valence-electron chi connectivity index (χ4n) is 4.45. The van der Waals surface area contributed by atoms with E-state index in [-0.39, 0.29) is 5.69 Å². The van der Waals surface area contributed by atoms with Gasteiger partial charge in [0, 0.05) is 11.5 Å². The summed E-state index contributed by atoms with van der Waals surface area (Å²) in [5, 5.41) is 19.2. The number of hydrogen-bond donors (Lipinski definition) is 1. The number of tetrazole rings is 1. The summed E-state index contributed by atoms with van der Waals surface area (Å²) in [5.41, 5.74) is 5.25. The molecule has 1 aliphatic rings. The zero-order chi connectivity index (χ0) is 23.6. The quantitative estimate of drug-likeness (QED) is 0.375. The van der Waals surface area contributed by atoms with Gasteiger partial charge in [-0.3, -0.25) is 4.57 Å². The van der Waals surface area contributed by atoms with Crippen molar-refractivity contribution in [2.75, 3.05) is 0 Å². The minimum absolute atomic E-state index is 0.0330. The minimum atomic E-state index is -0.0330. The molecule has 3 aromatic carbocycles. The number of aromatic nitrogens is 7. The molecule has 0 saturated heterocycles. The monoisotopic (exact) mass is 463 g/mol. The van der Waals surface area contributed by atoms with Gasteiger partial charge in [0.05, 0.1) is 13.1 Å². The molecule has 2 aromatic heterocycles. The molecule has 0 aliphatic heterocycles. The molecule has 1 saturated carbocycles. The summed E-state index contributed by atoms with van der Waals surface area (Å²) in [6, 6.07) is 26.5. The van der Waals surface area contributed by atoms with Crippen LogP contribution in [0.3, 0.4) is 0 Å². The zero-order valence-corrected chi connectivity index (χ0v) is 19.2. The van der Waals surface area contributed by atoms with Gasteiger partial charge in [-0.15, -0.1) is 10.2 Å². The number of nitrogens with zero attached hydrogens (tertiary/aromatic N) is 6. The van der Waals surface area contributed by atoms with Crippen molar-refractivity contribution in [2.24, 2.45) is 0 Å². The maximum absolute atomic E-state index is 13.3. The Kier molecular flexibility index (Phi) is 5.54. The van der Waals surface area contributed by atoms with Crippen LogP contribution < -0.4 is 5.69 Å². The van der Waals surface area contributed by atoms with E-state index in [1.54, 1.807) is 4.68 Å². The van der Waals surface area contributed by atoms with Crippen molar-refractivity contribution in [1.29, 1.82) is 0 Å². The Labute approximate surface area is 202 Å². The summed E-state index contributed by atoms with van der Waals surface area (Å²) in [4.78, 5) is 13.3. The molecule has 0 amide bonds. The van der Waals surface area contributed by atoms with E-state index in [2.05, 4.69) is 57.0 Å². The first kappa shape index (κ1) is 21.2. The second kappa shape index (κ2) is 9.13. The molecule has 5 aromatic rings. The molecule has 8 nitrogen and oxygen atoms in total. The summed E-state index contributed by atoms with van der Waals surface area (Å²) >= 11 is 0. The highest BCUT2D eigenvalue weighted by Crippen LogP contribution is 2.38. The Hall–Kier alpha value is -4.33. The van der Waals surface area contributed by atoms with E-state index in [0.29, 0.717) is 24.8 Å². The number of aryl methyl sites for hydroxylation is 2. The molecule has 0 spiro atoms. The lowest BCUT2D eigenvalue weighted by atomic mass is 9.98. The van der Waals surface area contributed by atoms with Crippen molar-refractivity contribution in [3.05, 3.63) is 106 Å². The molecule has 174 valence electrons. The highest BCUT2D eigenvalue weighted by molar-refractivity contribution is 5.80. The SMILES string of the molecule is O=c1n(CCc2ccccc2)nc(C2CC2)n1Cc1ccc(-c2ccccc2-c2nn[nH]n2)cc1. The van der Waals surface area contributed by atoms with Gasteiger partial charge in [-0.1, -0.05) is 78.9 Å². The smallest absolute Gasteiger partial charge is 0.274 e. The predicted molar refractivity (Wildman–Crippen MR) is 133 cm³/mol. The standard InChI is InChI=1S/C27H25N7O/c35-27-33(26(22-14-15-22)30-34(27)17-16-19-6-2-1-3-7-19)18-20-10-12-21(13-11-20)23-8-4-5-9-24(23)25-28-31-32-29-25/h1-13,22H,14-18H2,(H,28,29,31,32). The lowest BCUT2D eigenvalue weighted by Crippen LogP contribution is -2.26. The third kappa shape index (κ3) is 4.42. The van der Waals surface area contributed by atoms with Crippen LogP contribution >= 0.6 is 0 Å². The van der Waals surface area contributed by atoms with Crippen LogP contribution in [0.1, 0.15) is 35.7 Å². The molecule has 1 N–H and O–H groups in total. The van der Waals surface area contributed by atoms with E-state index < -0.39 is 0 Å². The third-order valence-corrected chi connectivity index (χ3v) is 6.47. The van der Waals surface area contributed by atoms with Gasteiger partial charge in [0.15, 0.2) is 0 Å². The van der Waals surface area contributed by atoms with Crippen LogP contribution in [0.2, 0.25) is 0 Å². The summed E-state index contributed by atoms with van der Waals surface area (Å²) in [5.74, 6) is 1.87. The molecule has 1 aliphatic carbocycles. The molecule has 8 heteroatoms. The van der Waals surface area contributed by atoms with Gasteiger partial charge < -0.3 is 0 Å². The summed E-state index contributed by atoms with van der Waals surface area (Å²) in [6.45, 7) is 1.10. The van der Waals surface area contributed by atoms with Crippen molar-refractivity contribution < 1.29 is 0 Å². The van der Waals surface area contributed by atoms with Gasteiger partial charge in [-0.25, -0.2) is 9.48 Å². The lowest BCUT2D eigenvalue weighted by molar-refractivity contribution is 0.579. The first-order chi connectivity index (χ1) is 17.3. The number of aromatic amines is 1. The molecule has 35 heavy (non-hydrogen) atoms. The van der Waals surface area contributed by atoms with Crippen LogP contribution in [0.4, 0.5) is 0 Å². The second-order valence-corrected chi connectivity index (χ2v) is 8.94. The summed E-state index contributed by atoms with van der Waals surface area (Å²) in [6.07, 6.45) is 2.98. The normalized spacial score (nSPS) is 13.3. The number of H-pyrrole nitrogens is 1. The first-order valence-corrected chi connectivity index (χ1v) is 11.9. The zero-order valence-electron chi connectivity index (χ0n) is 19.2. The second-order valence-electron chi connectivity index (χ2n) is 8.94. The summed E-state index contributed by atoms with van der Waals surface area (Å²) in [7, 11) is 0. The lowest BCUT2D eigenvalue weighted by Gasteiger charge is -2.09. The average molecular weight is 464 g/mol. The van der Waals surface area contributed by atoms with E-state index in [4.69, 9.17) is 5.10 Å². The van der Waals surface area contributed by atoms with Gasteiger partial charge in [-0.05, 0) is 46.7 Å². The van der Waals surface area contributed by atoms with Gasteiger partial charge in [-0.2, -0.15) is 10.3 Å². The van der Waals surface area contributed by atoms with Crippen LogP contribution in [0.5, 0.6) is 0 Å². The molecule has 2 heterocycles. The van der Waals surface area contributed by atoms with Crippen LogP contribution in [-0.4, -0.2) is 35.0 Å². The van der Waals surface area contributed by atoms with E-state index in [0.717, 1.165) is 47.3 Å². The Morgan fingerprint density at radius 2 is 1.60 bits per heavy atom. The van der Waals surface area contributed by atoms with Crippen molar-refractivity contribution in [2.45, 2.75) is 38.3 Å². The topological polar surface area (TPSA) is 94.3 Å². The maximum atomic E-state index is 13.3. The fraction of sp³-hybridized carbons (Fsp3) is 0.222. The Bertz CT molecular complexity index is 1480.